The first-order chi connectivity index (χ1) is 52.3. The maximum absolute atomic E-state index is 6.68. The van der Waals surface area contributed by atoms with Crippen molar-refractivity contribution in [3.05, 3.63) is 0 Å². The van der Waals surface area contributed by atoms with E-state index in [2.05, 4.69) is 79.9 Å². The zero-order valence-electron chi connectivity index (χ0n) is 74.6. The van der Waals surface area contributed by atoms with Crippen LogP contribution in [-0.4, -0.2) is 103 Å². The van der Waals surface area contributed by atoms with Gasteiger partial charge in [0.05, 0.1) is 25.4 Å². The normalized spacial score (nSPS) is 19.7. The average molecular weight is 1510 g/mol. The molecule has 0 bridgehead atoms. The van der Waals surface area contributed by atoms with Crippen LogP contribution in [0.2, 0.25) is 0 Å². The fourth-order valence-electron chi connectivity index (χ4n) is 18.1. The van der Waals surface area contributed by atoms with Crippen molar-refractivity contribution in [3.63, 3.8) is 0 Å². The zero-order chi connectivity index (χ0) is 76.8. The predicted molar refractivity (Wildman–Crippen MR) is 469 cm³/mol. The Morgan fingerprint density at radius 2 is 0.467 bits per heavy atom. The van der Waals surface area contributed by atoms with Gasteiger partial charge in [-0.15, -0.1) is 0 Å². The lowest BCUT2D eigenvalue weighted by Crippen LogP contribution is -2.39. The van der Waals surface area contributed by atoms with E-state index in [9.17, 15) is 0 Å². The van der Waals surface area contributed by atoms with E-state index in [4.69, 9.17) is 28.4 Å². The van der Waals surface area contributed by atoms with Gasteiger partial charge in [0.25, 0.3) is 0 Å². The lowest BCUT2D eigenvalue weighted by molar-refractivity contribution is -0.0215. The first-order valence-electron chi connectivity index (χ1n) is 49.3. The van der Waals surface area contributed by atoms with Gasteiger partial charge >= 0.3 is 0 Å². The van der Waals surface area contributed by atoms with Crippen LogP contribution < -0.4 is 10.6 Å². The monoisotopic (exact) mass is 1510 g/mol. The van der Waals surface area contributed by atoms with Gasteiger partial charge in [-0.25, -0.2) is 0 Å². The quantitative estimate of drug-likeness (QED) is 0.0583. The topological polar surface area (TPSA) is 79.4 Å². The molecule has 8 heteroatoms. The van der Waals surface area contributed by atoms with Crippen LogP contribution in [0.1, 0.15) is 474 Å². The summed E-state index contributed by atoms with van der Waals surface area (Å²) < 4.78 is 38.6. The fraction of sp³-hybridized carbons (Fsp3) is 1.00. The van der Waals surface area contributed by atoms with Gasteiger partial charge in [0.15, 0.2) is 0 Å². The highest BCUT2D eigenvalue weighted by Gasteiger charge is 2.25. The standard InChI is InChI=1S/C99H196N2O6/c1-86(2)53-47-55-88(5)57-49-59-90(7)61-51-63-92(9)71-77-106-98(80-100-96-65-39-31-23-15-16-24-32-40-66-96)84-104-75-45-37-29-21-13-11-19-27-35-43-73-102-82-94-69-70-95(79-94)83-103-74-44-36-28-20-12-14-22-30-38-46-76-105-85-99(81-101-97-67-41-33-25-17-18-26-34-42-68-97)107-78-72-93(10)64-52-62-91(8)60-50-58-89(6)56-48-54-87(3)4/h86-101H,11-85H2,1-10H3/t88-,89-,90-,91-,92?,93?,94-,95+,98-,99+/m1/s1. The number of rotatable bonds is 72. The predicted octanol–water partition coefficient (Wildman–Crippen LogP) is 29.7. The second-order valence-electron chi connectivity index (χ2n) is 38.5. The summed E-state index contributed by atoms with van der Waals surface area (Å²) in [5, 5.41) is 8.02. The van der Waals surface area contributed by atoms with Crippen LogP contribution in [0.25, 0.3) is 0 Å². The third kappa shape index (κ3) is 66.5. The van der Waals surface area contributed by atoms with Gasteiger partial charge < -0.3 is 39.1 Å². The summed E-state index contributed by atoms with van der Waals surface area (Å²) in [7, 11) is 0. The largest absolute Gasteiger partial charge is 0.381 e. The third-order valence-corrected chi connectivity index (χ3v) is 26.1. The molecule has 3 saturated carbocycles. The molecule has 0 aromatic heterocycles. The van der Waals surface area contributed by atoms with Crippen molar-refractivity contribution in [1.29, 1.82) is 0 Å². The van der Waals surface area contributed by atoms with E-state index in [1.807, 2.05) is 0 Å². The first-order valence-corrected chi connectivity index (χ1v) is 49.3. The summed E-state index contributed by atoms with van der Waals surface area (Å²) >= 11 is 0. The zero-order valence-corrected chi connectivity index (χ0v) is 74.6. The van der Waals surface area contributed by atoms with E-state index < -0.39 is 0 Å². The van der Waals surface area contributed by atoms with Crippen LogP contribution in [0.3, 0.4) is 0 Å². The highest BCUT2D eigenvalue weighted by molar-refractivity contribution is 4.77. The minimum atomic E-state index is 0.159. The molecular weight excluding hydrogens is 1310 g/mol. The van der Waals surface area contributed by atoms with E-state index in [0.29, 0.717) is 12.1 Å². The molecule has 3 aliphatic carbocycles. The van der Waals surface area contributed by atoms with E-state index in [1.165, 1.54) is 405 Å². The Morgan fingerprint density at radius 1 is 0.234 bits per heavy atom. The number of hydrogen-bond donors (Lipinski definition) is 2. The number of ether oxygens (including phenoxy) is 6. The van der Waals surface area contributed by atoms with Crippen LogP contribution in [-0.2, 0) is 28.4 Å². The molecule has 0 amide bonds. The molecule has 8 nitrogen and oxygen atoms in total. The van der Waals surface area contributed by atoms with Crippen molar-refractivity contribution in [1.82, 2.24) is 10.6 Å². The summed E-state index contributed by atoms with van der Waals surface area (Å²) in [5.41, 5.74) is 0. The molecule has 0 aromatic carbocycles. The average Bonchev–Trinajstić information content (AvgIpc) is 1.76. The van der Waals surface area contributed by atoms with Gasteiger partial charge in [-0.1, -0.05) is 390 Å². The molecule has 2 N–H and O–H groups in total. The van der Waals surface area contributed by atoms with E-state index in [-0.39, 0.29) is 12.2 Å². The molecule has 2 unspecified atom stereocenters. The van der Waals surface area contributed by atoms with Crippen LogP contribution in [0, 0.1) is 59.2 Å². The van der Waals surface area contributed by atoms with Gasteiger partial charge in [-0.3, -0.25) is 0 Å². The lowest BCUT2D eigenvalue weighted by atomic mass is 9.91. The van der Waals surface area contributed by atoms with Gasteiger partial charge in [-0.05, 0) is 143 Å². The first kappa shape index (κ1) is 101. The van der Waals surface area contributed by atoms with Gasteiger partial charge in [0.1, 0.15) is 0 Å². The Balaban J connectivity index is 1.12. The minimum Gasteiger partial charge on any atom is -0.381 e. The highest BCUT2D eigenvalue weighted by atomic mass is 16.5. The second-order valence-corrected chi connectivity index (χ2v) is 38.5. The minimum absolute atomic E-state index is 0.159. The maximum Gasteiger partial charge on any atom is 0.0932 e. The fourth-order valence-corrected chi connectivity index (χ4v) is 18.1. The van der Waals surface area contributed by atoms with Crippen LogP contribution in [0.4, 0.5) is 0 Å². The van der Waals surface area contributed by atoms with Crippen LogP contribution in [0.5, 0.6) is 0 Å². The molecule has 3 fully saturated rings. The number of hydrogen-bond acceptors (Lipinski definition) is 8. The van der Waals surface area contributed by atoms with Gasteiger partial charge in [0.2, 0.25) is 0 Å². The molecule has 638 valence electrons. The Hall–Kier alpha value is -0.320. The number of unbranched alkanes of at least 4 members (excludes halogenated alkanes) is 18. The molecule has 0 heterocycles. The maximum atomic E-state index is 6.68. The molecule has 0 spiro atoms. The summed E-state index contributed by atoms with van der Waals surface area (Å²) in [6.45, 7) is 35.0. The third-order valence-electron chi connectivity index (χ3n) is 26.1. The highest BCUT2D eigenvalue weighted by Crippen LogP contribution is 2.32. The Kier molecular flexibility index (Phi) is 70.2. The molecule has 10 atom stereocenters. The van der Waals surface area contributed by atoms with E-state index >= 15 is 0 Å². The second kappa shape index (κ2) is 74.5. The van der Waals surface area contributed by atoms with Crippen molar-refractivity contribution in [2.45, 2.75) is 498 Å². The van der Waals surface area contributed by atoms with Crippen molar-refractivity contribution < 1.29 is 28.4 Å². The van der Waals surface area contributed by atoms with Crippen molar-refractivity contribution in [2.75, 3.05) is 79.2 Å². The van der Waals surface area contributed by atoms with Crippen LogP contribution >= 0.6 is 0 Å². The Bertz CT molecular complexity index is 1640. The Labute approximate surface area is 671 Å². The van der Waals surface area contributed by atoms with Gasteiger partial charge in [-0.2, -0.15) is 0 Å². The van der Waals surface area contributed by atoms with Gasteiger partial charge in [0, 0.05) is 78.0 Å². The molecule has 0 saturated heterocycles. The molecule has 0 aromatic rings. The van der Waals surface area contributed by atoms with Crippen LogP contribution in [0.15, 0.2) is 0 Å². The molecule has 3 aliphatic rings. The van der Waals surface area contributed by atoms with Crippen molar-refractivity contribution in [2.24, 2.45) is 59.2 Å². The smallest absolute Gasteiger partial charge is 0.0932 e. The van der Waals surface area contributed by atoms with E-state index in [1.54, 1.807) is 0 Å². The Morgan fingerprint density at radius 3 is 0.738 bits per heavy atom. The molecular formula is C99H196N2O6. The summed E-state index contributed by atoms with van der Waals surface area (Å²) in [6.07, 6.45) is 86.1. The summed E-state index contributed by atoms with van der Waals surface area (Å²) in [4.78, 5) is 0. The molecule has 0 radical (unpaired) electrons. The lowest BCUT2D eigenvalue weighted by Gasteiger charge is -2.24. The summed E-state index contributed by atoms with van der Waals surface area (Å²) in [5.74, 6) is 8.17. The SMILES string of the molecule is CC(C)CCC[C@@H](C)CCC[C@@H](C)CCCC(C)CCO[C@H](CNC1CCCCCCCCCC1)COCCCCCCCCCCCCOC[C@@H]1CC[C@H](COCCCCCCCCCCCCOC[C@H](CNC2CCCCCCCCCC2)OCCC(C)CCC[C@H](C)CCC[C@H](C)CCCC(C)C)C1. The number of nitrogens with one attached hydrogen (secondary N) is 2. The molecule has 107 heavy (non-hydrogen) atoms. The van der Waals surface area contributed by atoms with Crippen molar-refractivity contribution in [3.8, 4) is 0 Å². The van der Waals surface area contributed by atoms with Crippen molar-refractivity contribution >= 4 is 0 Å². The van der Waals surface area contributed by atoms with E-state index in [0.717, 1.165) is 138 Å². The molecule has 3 rings (SSSR count). The molecule has 0 aliphatic heterocycles. The summed E-state index contributed by atoms with van der Waals surface area (Å²) in [6, 6.07) is 1.27.